The van der Waals surface area contributed by atoms with Crippen molar-refractivity contribution in [3.05, 3.63) is 0 Å². The average Bonchev–Trinajstić information content (AvgIpc) is 2.08. The third kappa shape index (κ3) is 1.00. The fourth-order valence-electron chi connectivity index (χ4n) is 1.93. The second-order valence-corrected chi connectivity index (χ2v) is 4.18. The van der Waals surface area contributed by atoms with Gasteiger partial charge in [0.25, 0.3) is 0 Å². The molecule has 3 fully saturated rings. The SMILES string of the molecule is CCC12COC(C)(OC1)N(C)C2. The molecule has 3 aliphatic rings. The molecule has 0 atom stereocenters. The van der Waals surface area contributed by atoms with Crippen LogP contribution in [0.25, 0.3) is 0 Å². The van der Waals surface area contributed by atoms with Crippen molar-refractivity contribution in [2.45, 2.75) is 26.2 Å². The summed E-state index contributed by atoms with van der Waals surface area (Å²) in [5.74, 6) is -0.447. The normalized spacial score (nSPS) is 48.2. The average molecular weight is 171 g/mol. The summed E-state index contributed by atoms with van der Waals surface area (Å²) in [6, 6.07) is 0. The number of rotatable bonds is 1. The summed E-state index contributed by atoms with van der Waals surface area (Å²) in [7, 11) is 2.06. The molecule has 3 saturated heterocycles. The Morgan fingerprint density at radius 1 is 1.33 bits per heavy atom. The molecule has 0 aliphatic carbocycles. The highest BCUT2D eigenvalue weighted by molar-refractivity contribution is 4.91. The lowest BCUT2D eigenvalue weighted by Crippen LogP contribution is -2.66. The molecule has 0 aromatic heterocycles. The van der Waals surface area contributed by atoms with Crippen LogP contribution in [0, 0.1) is 5.41 Å². The predicted octanol–water partition coefficient (Wildman–Crippen LogP) is 1.05. The highest BCUT2D eigenvalue weighted by Crippen LogP contribution is 2.40. The Labute approximate surface area is 73.6 Å². The summed E-state index contributed by atoms with van der Waals surface area (Å²) in [5, 5.41) is 0. The van der Waals surface area contributed by atoms with Crippen molar-refractivity contribution < 1.29 is 9.47 Å². The first-order chi connectivity index (χ1) is 5.60. The fourth-order valence-corrected chi connectivity index (χ4v) is 1.93. The van der Waals surface area contributed by atoms with Crippen molar-refractivity contribution in [2.75, 3.05) is 26.8 Å². The van der Waals surface area contributed by atoms with Gasteiger partial charge in [0.1, 0.15) is 0 Å². The van der Waals surface area contributed by atoms with Gasteiger partial charge in [-0.05, 0) is 13.5 Å². The molecule has 12 heavy (non-hydrogen) atoms. The Bertz CT molecular complexity index is 185. The predicted molar refractivity (Wildman–Crippen MR) is 45.7 cm³/mol. The highest BCUT2D eigenvalue weighted by atomic mass is 16.7. The molecule has 0 unspecified atom stereocenters. The largest absolute Gasteiger partial charge is 0.337 e. The summed E-state index contributed by atoms with van der Waals surface area (Å²) in [5.41, 5.74) is 0.256. The molecule has 0 amide bonds. The topological polar surface area (TPSA) is 21.7 Å². The maximum absolute atomic E-state index is 5.67. The molecule has 70 valence electrons. The molecule has 3 aliphatic heterocycles. The molecule has 2 bridgehead atoms. The first kappa shape index (κ1) is 8.48. The molecule has 3 heteroatoms. The van der Waals surface area contributed by atoms with E-state index in [1.807, 2.05) is 6.92 Å². The maximum Gasteiger partial charge on any atom is 0.226 e. The second-order valence-electron chi connectivity index (χ2n) is 4.18. The Morgan fingerprint density at radius 3 is 2.33 bits per heavy atom. The van der Waals surface area contributed by atoms with E-state index in [2.05, 4.69) is 18.9 Å². The van der Waals surface area contributed by atoms with Gasteiger partial charge in [0.15, 0.2) is 0 Å². The van der Waals surface area contributed by atoms with Crippen LogP contribution in [0.5, 0.6) is 0 Å². The molecule has 0 radical (unpaired) electrons. The van der Waals surface area contributed by atoms with E-state index in [0.29, 0.717) is 0 Å². The molecular formula is C9H17NO2. The zero-order valence-electron chi connectivity index (χ0n) is 8.09. The molecule has 3 heterocycles. The van der Waals surface area contributed by atoms with Gasteiger partial charge in [-0.25, -0.2) is 0 Å². The van der Waals surface area contributed by atoms with E-state index in [1.54, 1.807) is 0 Å². The van der Waals surface area contributed by atoms with Crippen molar-refractivity contribution in [2.24, 2.45) is 5.41 Å². The van der Waals surface area contributed by atoms with Gasteiger partial charge in [-0.3, -0.25) is 4.90 Å². The molecule has 0 N–H and O–H groups in total. The second kappa shape index (κ2) is 2.44. The van der Waals surface area contributed by atoms with Crippen molar-refractivity contribution in [3.8, 4) is 0 Å². The van der Waals surface area contributed by atoms with Crippen LogP contribution < -0.4 is 0 Å². The van der Waals surface area contributed by atoms with Crippen LogP contribution >= 0.6 is 0 Å². The van der Waals surface area contributed by atoms with Crippen LogP contribution in [0.15, 0.2) is 0 Å². The van der Waals surface area contributed by atoms with Crippen molar-refractivity contribution in [3.63, 3.8) is 0 Å². The third-order valence-corrected chi connectivity index (χ3v) is 3.31. The third-order valence-electron chi connectivity index (χ3n) is 3.31. The van der Waals surface area contributed by atoms with Gasteiger partial charge in [0.2, 0.25) is 5.91 Å². The zero-order chi connectivity index (χ0) is 8.82. The molecule has 0 spiro atoms. The summed E-state index contributed by atoms with van der Waals surface area (Å²) in [4.78, 5) is 2.16. The van der Waals surface area contributed by atoms with E-state index in [4.69, 9.17) is 9.47 Å². The number of hydrogen-bond donors (Lipinski definition) is 0. The minimum absolute atomic E-state index is 0.256. The van der Waals surface area contributed by atoms with Crippen LogP contribution in [0.4, 0.5) is 0 Å². The van der Waals surface area contributed by atoms with Crippen LogP contribution in [-0.2, 0) is 9.47 Å². The van der Waals surface area contributed by atoms with Gasteiger partial charge in [-0.2, -0.15) is 0 Å². The summed E-state index contributed by atoms with van der Waals surface area (Å²) >= 11 is 0. The van der Waals surface area contributed by atoms with Crippen LogP contribution in [0.1, 0.15) is 20.3 Å². The monoisotopic (exact) mass is 171 g/mol. The van der Waals surface area contributed by atoms with Crippen molar-refractivity contribution in [1.82, 2.24) is 4.90 Å². The van der Waals surface area contributed by atoms with Crippen LogP contribution in [0.3, 0.4) is 0 Å². The lowest BCUT2D eigenvalue weighted by atomic mass is 9.83. The minimum atomic E-state index is -0.447. The summed E-state index contributed by atoms with van der Waals surface area (Å²) in [6.07, 6.45) is 1.13. The van der Waals surface area contributed by atoms with Crippen molar-refractivity contribution in [1.29, 1.82) is 0 Å². The summed E-state index contributed by atoms with van der Waals surface area (Å²) < 4.78 is 11.3. The van der Waals surface area contributed by atoms with E-state index < -0.39 is 5.91 Å². The Morgan fingerprint density at radius 2 is 1.92 bits per heavy atom. The number of nitrogens with zero attached hydrogens (tertiary/aromatic N) is 1. The van der Waals surface area contributed by atoms with Crippen molar-refractivity contribution >= 4 is 0 Å². The van der Waals surface area contributed by atoms with Gasteiger partial charge >= 0.3 is 0 Å². The molecule has 0 aromatic rings. The standard InChI is InChI=1S/C9H17NO2/c1-4-9-5-10(3)8(2,11-6-9)12-7-9/h4-7H2,1-3H3. The Hall–Kier alpha value is -0.120. The number of hydrogen-bond acceptors (Lipinski definition) is 3. The van der Waals surface area contributed by atoms with E-state index >= 15 is 0 Å². The van der Waals surface area contributed by atoms with Crippen LogP contribution in [0.2, 0.25) is 0 Å². The quantitative estimate of drug-likeness (QED) is 0.588. The number of ether oxygens (including phenoxy) is 2. The zero-order valence-corrected chi connectivity index (χ0v) is 8.09. The number of fused-ring (bicyclic) bond motifs is 3. The first-order valence-corrected chi connectivity index (χ1v) is 4.59. The highest BCUT2D eigenvalue weighted by Gasteiger charge is 2.50. The Balaban J connectivity index is 2.19. The first-order valence-electron chi connectivity index (χ1n) is 4.59. The minimum Gasteiger partial charge on any atom is -0.337 e. The lowest BCUT2D eigenvalue weighted by Gasteiger charge is -2.55. The van der Waals surface area contributed by atoms with Gasteiger partial charge < -0.3 is 9.47 Å². The van der Waals surface area contributed by atoms with E-state index in [1.165, 1.54) is 0 Å². The summed E-state index contributed by atoms with van der Waals surface area (Å²) in [6.45, 7) is 7.00. The molecule has 3 rings (SSSR count). The van der Waals surface area contributed by atoms with Crippen LogP contribution in [-0.4, -0.2) is 37.6 Å². The smallest absolute Gasteiger partial charge is 0.226 e. The Kier molecular flexibility index (Phi) is 1.72. The van der Waals surface area contributed by atoms with Gasteiger partial charge in [0.05, 0.1) is 13.2 Å². The molecule has 0 saturated carbocycles. The fraction of sp³-hybridized carbons (Fsp3) is 1.00. The lowest BCUT2D eigenvalue weighted by molar-refractivity contribution is -0.396. The van der Waals surface area contributed by atoms with E-state index in [0.717, 1.165) is 26.2 Å². The van der Waals surface area contributed by atoms with Gasteiger partial charge in [-0.1, -0.05) is 6.92 Å². The molecule has 0 aromatic carbocycles. The molecule has 3 nitrogen and oxygen atoms in total. The van der Waals surface area contributed by atoms with E-state index in [9.17, 15) is 0 Å². The maximum atomic E-state index is 5.67. The van der Waals surface area contributed by atoms with Gasteiger partial charge in [0, 0.05) is 18.9 Å². The molecular weight excluding hydrogens is 154 g/mol. The van der Waals surface area contributed by atoms with Gasteiger partial charge in [-0.15, -0.1) is 0 Å². The van der Waals surface area contributed by atoms with E-state index in [-0.39, 0.29) is 5.41 Å².